The van der Waals surface area contributed by atoms with Crippen LogP contribution in [0.4, 0.5) is 5.69 Å². The van der Waals surface area contributed by atoms with E-state index in [1.807, 2.05) is 19.1 Å². The van der Waals surface area contributed by atoms with E-state index in [0.29, 0.717) is 11.3 Å². The van der Waals surface area contributed by atoms with E-state index in [-0.39, 0.29) is 0 Å². The molecular formula is C13H18N2O3. The number of aryl methyl sites for hydroxylation is 1. The Labute approximate surface area is 106 Å². The first-order chi connectivity index (χ1) is 8.63. The van der Waals surface area contributed by atoms with Gasteiger partial charge in [-0.25, -0.2) is 0 Å². The highest BCUT2D eigenvalue weighted by molar-refractivity contribution is 5.97. The Morgan fingerprint density at radius 1 is 1.39 bits per heavy atom. The molecule has 5 nitrogen and oxygen atoms in total. The molecule has 0 radical (unpaired) electrons. The lowest BCUT2D eigenvalue weighted by Gasteiger charge is -2.29. The fourth-order valence-electron chi connectivity index (χ4n) is 2.22. The highest BCUT2D eigenvalue weighted by Gasteiger charge is 2.18. The average Bonchev–Trinajstić information content (AvgIpc) is 2.38. The first kappa shape index (κ1) is 12.7. The number of primary amides is 1. The van der Waals surface area contributed by atoms with Crippen molar-refractivity contribution < 1.29 is 14.3 Å². The van der Waals surface area contributed by atoms with Crippen molar-refractivity contribution in [3.05, 3.63) is 23.3 Å². The van der Waals surface area contributed by atoms with Gasteiger partial charge in [0.05, 0.1) is 25.9 Å². The quantitative estimate of drug-likeness (QED) is 0.867. The highest BCUT2D eigenvalue weighted by atomic mass is 16.5. The van der Waals surface area contributed by atoms with Gasteiger partial charge in [0.25, 0.3) is 5.91 Å². The predicted molar refractivity (Wildman–Crippen MR) is 69.3 cm³/mol. The van der Waals surface area contributed by atoms with E-state index in [0.717, 1.165) is 37.6 Å². The summed E-state index contributed by atoms with van der Waals surface area (Å²) in [7, 11) is 1.55. The van der Waals surface area contributed by atoms with E-state index in [9.17, 15) is 4.79 Å². The number of nitrogens with zero attached hydrogens (tertiary/aromatic N) is 1. The van der Waals surface area contributed by atoms with E-state index < -0.39 is 5.91 Å². The summed E-state index contributed by atoms with van der Waals surface area (Å²) in [6, 6.07) is 3.83. The minimum Gasteiger partial charge on any atom is -0.496 e. The fraction of sp³-hybridized carbons (Fsp3) is 0.462. The van der Waals surface area contributed by atoms with Crippen LogP contribution in [0.25, 0.3) is 0 Å². The molecule has 98 valence electrons. The molecule has 1 heterocycles. The van der Waals surface area contributed by atoms with Crippen molar-refractivity contribution in [3.63, 3.8) is 0 Å². The van der Waals surface area contributed by atoms with Gasteiger partial charge in [-0.3, -0.25) is 4.79 Å². The summed E-state index contributed by atoms with van der Waals surface area (Å²) in [6.45, 7) is 5.00. The number of methoxy groups -OCH3 is 1. The van der Waals surface area contributed by atoms with Gasteiger partial charge in [-0.05, 0) is 18.6 Å². The number of carbonyl (C=O) groups is 1. The zero-order valence-corrected chi connectivity index (χ0v) is 10.7. The van der Waals surface area contributed by atoms with Crippen molar-refractivity contribution in [2.45, 2.75) is 6.92 Å². The van der Waals surface area contributed by atoms with Gasteiger partial charge < -0.3 is 20.1 Å². The van der Waals surface area contributed by atoms with Gasteiger partial charge in [0.15, 0.2) is 0 Å². The fourth-order valence-corrected chi connectivity index (χ4v) is 2.22. The third kappa shape index (κ3) is 2.41. The van der Waals surface area contributed by atoms with Crippen molar-refractivity contribution in [1.82, 2.24) is 0 Å². The van der Waals surface area contributed by atoms with Gasteiger partial charge in [-0.1, -0.05) is 0 Å². The molecule has 1 aliphatic heterocycles. The van der Waals surface area contributed by atoms with Crippen LogP contribution in [0.1, 0.15) is 15.9 Å². The largest absolute Gasteiger partial charge is 0.496 e. The number of hydrogen-bond acceptors (Lipinski definition) is 4. The third-order valence-electron chi connectivity index (χ3n) is 3.13. The monoisotopic (exact) mass is 250 g/mol. The van der Waals surface area contributed by atoms with Gasteiger partial charge in [-0.15, -0.1) is 0 Å². The molecule has 5 heteroatoms. The van der Waals surface area contributed by atoms with Gasteiger partial charge >= 0.3 is 0 Å². The summed E-state index contributed by atoms with van der Waals surface area (Å²) < 4.78 is 10.6. The van der Waals surface area contributed by atoms with Crippen molar-refractivity contribution in [3.8, 4) is 5.75 Å². The van der Waals surface area contributed by atoms with E-state index in [4.69, 9.17) is 15.2 Å². The first-order valence-corrected chi connectivity index (χ1v) is 5.94. The molecule has 2 N–H and O–H groups in total. The number of benzene rings is 1. The van der Waals surface area contributed by atoms with Gasteiger partial charge in [-0.2, -0.15) is 0 Å². The Morgan fingerprint density at radius 3 is 2.61 bits per heavy atom. The lowest BCUT2D eigenvalue weighted by atomic mass is 10.1. The van der Waals surface area contributed by atoms with Crippen molar-refractivity contribution in [2.24, 2.45) is 5.73 Å². The molecule has 1 aliphatic rings. The molecular weight excluding hydrogens is 232 g/mol. The van der Waals surface area contributed by atoms with Crippen LogP contribution in [-0.4, -0.2) is 39.3 Å². The standard InChI is InChI=1S/C13H18N2O3/c1-9-7-10(15-3-5-18-6-4-15)8-11(17-2)12(9)13(14)16/h7-8H,3-6H2,1-2H3,(H2,14,16). The molecule has 1 aromatic rings. The molecule has 0 bridgehead atoms. The zero-order valence-electron chi connectivity index (χ0n) is 10.7. The van der Waals surface area contributed by atoms with Crippen molar-refractivity contribution in [1.29, 1.82) is 0 Å². The van der Waals surface area contributed by atoms with E-state index >= 15 is 0 Å². The van der Waals surface area contributed by atoms with Crippen LogP contribution in [0.2, 0.25) is 0 Å². The van der Waals surface area contributed by atoms with E-state index in [1.54, 1.807) is 7.11 Å². The molecule has 0 aromatic heterocycles. The summed E-state index contributed by atoms with van der Waals surface area (Å²) in [4.78, 5) is 13.6. The highest BCUT2D eigenvalue weighted by Crippen LogP contribution is 2.29. The third-order valence-corrected chi connectivity index (χ3v) is 3.13. The summed E-state index contributed by atoms with van der Waals surface area (Å²) in [5.74, 6) is 0.0712. The molecule has 0 aliphatic carbocycles. The second kappa shape index (κ2) is 5.27. The van der Waals surface area contributed by atoms with Crippen LogP contribution >= 0.6 is 0 Å². The summed E-state index contributed by atoms with van der Waals surface area (Å²) in [5, 5.41) is 0. The van der Waals surface area contributed by atoms with Crippen molar-refractivity contribution >= 4 is 11.6 Å². The normalized spacial score (nSPS) is 15.6. The van der Waals surface area contributed by atoms with Crippen LogP contribution in [0, 0.1) is 6.92 Å². The number of hydrogen-bond donors (Lipinski definition) is 1. The molecule has 1 saturated heterocycles. The molecule has 1 amide bonds. The Kier molecular flexibility index (Phi) is 3.72. The Balaban J connectivity index is 2.38. The summed E-state index contributed by atoms with van der Waals surface area (Å²) >= 11 is 0. The average molecular weight is 250 g/mol. The second-order valence-electron chi connectivity index (χ2n) is 4.30. The van der Waals surface area contributed by atoms with E-state index in [2.05, 4.69) is 4.90 Å². The number of anilines is 1. The molecule has 1 aromatic carbocycles. The van der Waals surface area contributed by atoms with Gasteiger partial charge in [0, 0.05) is 24.8 Å². The summed E-state index contributed by atoms with van der Waals surface area (Å²) in [6.07, 6.45) is 0. The van der Waals surface area contributed by atoms with Gasteiger partial charge in [0.2, 0.25) is 0 Å². The number of ether oxygens (including phenoxy) is 2. The maximum absolute atomic E-state index is 11.4. The van der Waals surface area contributed by atoms with Crippen molar-refractivity contribution in [2.75, 3.05) is 38.3 Å². The molecule has 0 spiro atoms. The maximum atomic E-state index is 11.4. The minimum absolute atomic E-state index is 0.453. The number of amides is 1. The molecule has 18 heavy (non-hydrogen) atoms. The predicted octanol–water partition coefficient (Wildman–Crippen LogP) is 0.939. The zero-order chi connectivity index (χ0) is 13.1. The maximum Gasteiger partial charge on any atom is 0.252 e. The SMILES string of the molecule is COc1cc(N2CCOCC2)cc(C)c1C(N)=O. The molecule has 2 rings (SSSR count). The Hall–Kier alpha value is -1.75. The molecule has 0 unspecified atom stereocenters. The van der Waals surface area contributed by atoms with Crippen LogP contribution in [0.3, 0.4) is 0 Å². The molecule has 1 fully saturated rings. The van der Waals surface area contributed by atoms with Crippen LogP contribution in [0.5, 0.6) is 5.75 Å². The Bertz CT molecular complexity index is 454. The second-order valence-corrected chi connectivity index (χ2v) is 4.30. The number of morpholine rings is 1. The van der Waals surface area contributed by atoms with Crippen LogP contribution in [-0.2, 0) is 4.74 Å². The lowest BCUT2D eigenvalue weighted by molar-refractivity contribution is 0.0996. The first-order valence-electron chi connectivity index (χ1n) is 5.94. The number of rotatable bonds is 3. The Morgan fingerprint density at radius 2 is 2.06 bits per heavy atom. The van der Waals surface area contributed by atoms with Crippen LogP contribution in [0.15, 0.2) is 12.1 Å². The number of nitrogens with two attached hydrogens (primary N) is 1. The number of carbonyl (C=O) groups excluding carboxylic acids is 1. The smallest absolute Gasteiger partial charge is 0.252 e. The van der Waals surface area contributed by atoms with E-state index in [1.165, 1.54) is 0 Å². The van der Waals surface area contributed by atoms with Crippen LogP contribution < -0.4 is 15.4 Å². The topological polar surface area (TPSA) is 64.8 Å². The minimum atomic E-state index is -0.460. The van der Waals surface area contributed by atoms with Gasteiger partial charge in [0.1, 0.15) is 5.75 Å². The molecule has 0 saturated carbocycles. The lowest BCUT2D eigenvalue weighted by Crippen LogP contribution is -2.36. The summed E-state index contributed by atoms with van der Waals surface area (Å²) in [5.41, 5.74) is 7.70. The molecule has 0 atom stereocenters.